The van der Waals surface area contributed by atoms with Crippen LogP contribution in [0.3, 0.4) is 0 Å². The number of hydrogen-bond donors (Lipinski definition) is 3. The molecule has 0 aliphatic heterocycles. The van der Waals surface area contributed by atoms with Gasteiger partial charge in [-0.2, -0.15) is 0 Å². The molecular weight excluding hydrogens is 300 g/mol. The molecule has 22 heavy (non-hydrogen) atoms. The molecule has 0 spiro atoms. The molecule has 0 unspecified atom stereocenters. The van der Waals surface area contributed by atoms with Crippen LogP contribution in [-0.4, -0.2) is 30.0 Å². The van der Waals surface area contributed by atoms with Crippen LogP contribution in [0.25, 0.3) is 0 Å². The van der Waals surface area contributed by atoms with Crippen molar-refractivity contribution in [1.82, 2.24) is 20.9 Å². The molecular formula is C15H24N4O2S. The van der Waals surface area contributed by atoms with E-state index in [0.717, 1.165) is 37.1 Å². The third-order valence-corrected chi connectivity index (χ3v) is 4.79. The minimum absolute atomic E-state index is 0.0620. The Bertz CT molecular complexity index is 472. The average molecular weight is 324 g/mol. The Hall–Kier alpha value is -1.63. The molecule has 1 saturated carbocycles. The van der Waals surface area contributed by atoms with Crippen molar-refractivity contribution < 1.29 is 9.59 Å². The Morgan fingerprint density at radius 3 is 2.68 bits per heavy atom. The van der Waals surface area contributed by atoms with E-state index in [1.807, 2.05) is 12.3 Å². The van der Waals surface area contributed by atoms with Crippen molar-refractivity contribution in [2.75, 3.05) is 13.1 Å². The van der Waals surface area contributed by atoms with E-state index in [2.05, 4.69) is 20.9 Å². The van der Waals surface area contributed by atoms with Crippen LogP contribution in [0.5, 0.6) is 0 Å². The Kier molecular flexibility index (Phi) is 6.64. The van der Waals surface area contributed by atoms with E-state index >= 15 is 0 Å². The van der Waals surface area contributed by atoms with Gasteiger partial charge in [0.05, 0.1) is 6.04 Å². The Morgan fingerprint density at radius 2 is 2.05 bits per heavy atom. The Labute approximate surface area is 135 Å². The molecule has 1 atom stereocenters. The van der Waals surface area contributed by atoms with E-state index in [1.54, 1.807) is 6.20 Å². The molecule has 3 amide bonds. The molecule has 2 rings (SSSR count). The lowest BCUT2D eigenvalue weighted by molar-refractivity contribution is -0.124. The molecule has 3 N–H and O–H groups in total. The largest absolute Gasteiger partial charge is 0.354 e. The molecule has 1 heterocycles. The Morgan fingerprint density at radius 1 is 1.32 bits per heavy atom. The highest BCUT2D eigenvalue weighted by molar-refractivity contribution is 7.09. The predicted octanol–water partition coefficient (Wildman–Crippen LogP) is 2.20. The fourth-order valence-corrected chi connectivity index (χ4v) is 3.42. The van der Waals surface area contributed by atoms with E-state index in [1.165, 1.54) is 11.3 Å². The van der Waals surface area contributed by atoms with Gasteiger partial charge in [0.1, 0.15) is 5.01 Å². The summed E-state index contributed by atoms with van der Waals surface area (Å²) in [7, 11) is 0. The van der Waals surface area contributed by atoms with Crippen molar-refractivity contribution in [1.29, 1.82) is 0 Å². The maximum atomic E-state index is 11.9. The van der Waals surface area contributed by atoms with Gasteiger partial charge in [0.15, 0.2) is 0 Å². The van der Waals surface area contributed by atoms with E-state index < -0.39 is 0 Å². The summed E-state index contributed by atoms with van der Waals surface area (Å²) in [6.07, 6.45) is 6.81. The van der Waals surface area contributed by atoms with Gasteiger partial charge in [-0.05, 0) is 19.3 Å². The van der Waals surface area contributed by atoms with Gasteiger partial charge in [-0.15, -0.1) is 11.3 Å². The molecule has 0 bridgehead atoms. The van der Waals surface area contributed by atoms with Crippen molar-refractivity contribution in [2.45, 2.75) is 45.1 Å². The number of rotatable bonds is 7. The van der Waals surface area contributed by atoms with E-state index in [4.69, 9.17) is 0 Å². The van der Waals surface area contributed by atoms with Gasteiger partial charge < -0.3 is 16.0 Å². The van der Waals surface area contributed by atoms with Gasteiger partial charge in [0, 0.05) is 30.6 Å². The number of nitrogens with one attached hydrogen (secondary N) is 3. The monoisotopic (exact) mass is 324 g/mol. The minimum atomic E-state index is -0.225. The molecule has 0 saturated heterocycles. The second kappa shape index (κ2) is 8.73. The first-order valence-electron chi connectivity index (χ1n) is 7.92. The number of thiazole rings is 1. The van der Waals surface area contributed by atoms with Crippen molar-refractivity contribution in [2.24, 2.45) is 5.92 Å². The van der Waals surface area contributed by atoms with Crippen LogP contribution in [0.1, 0.15) is 50.1 Å². The summed E-state index contributed by atoms with van der Waals surface area (Å²) in [6, 6.07) is -0.287. The van der Waals surface area contributed by atoms with Gasteiger partial charge in [-0.3, -0.25) is 4.79 Å². The number of nitrogens with zero attached hydrogens (tertiary/aromatic N) is 1. The summed E-state index contributed by atoms with van der Waals surface area (Å²) in [4.78, 5) is 27.9. The van der Waals surface area contributed by atoms with Crippen molar-refractivity contribution in [3.8, 4) is 0 Å². The highest BCUT2D eigenvalue weighted by Gasteiger charge is 2.22. The summed E-state index contributed by atoms with van der Waals surface area (Å²) in [5, 5.41) is 11.4. The summed E-state index contributed by atoms with van der Waals surface area (Å²) in [5.41, 5.74) is 0. The fourth-order valence-electron chi connectivity index (χ4n) is 2.65. The summed E-state index contributed by atoms with van der Waals surface area (Å²) in [5.74, 6) is 0.289. The maximum absolute atomic E-state index is 11.9. The smallest absolute Gasteiger partial charge is 0.315 e. The van der Waals surface area contributed by atoms with Crippen LogP contribution in [0.2, 0.25) is 0 Å². The van der Waals surface area contributed by atoms with Gasteiger partial charge >= 0.3 is 6.03 Å². The number of carbonyl (C=O) groups is 2. The maximum Gasteiger partial charge on any atom is 0.315 e. The predicted molar refractivity (Wildman–Crippen MR) is 86.6 cm³/mol. The van der Waals surface area contributed by atoms with Crippen LogP contribution in [0.15, 0.2) is 11.6 Å². The Balaban J connectivity index is 1.62. The number of urea groups is 1. The van der Waals surface area contributed by atoms with Crippen molar-refractivity contribution in [3.63, 3.8) is 0 Å². The van der Waals surface area contributed by atoms with Gasteiger partial charge in [0.2, 0.25) is 5.91 Å². The number of aromatic nitrogens is 1. The second-order valence-corrected chi connectivity index (χ2v) is 6.43. The zero-order valence-corrected chi connectivity index (χ0v) is 13.7. The summed E-state index contributed by atoms with van der Waals surface area (Å²) in [6.45, 7) is 2.91. The first-order valence-corrected chi connectivity index (χ1v) is 8.80. The molecule has 1 aliphatic carbocycles. The first kappa shape index (κ1) is 16.7. The topological polar surface area (TPSA) is 83.1 Å². The van der Waals surface area contributed by atoms with Crippen LogP contribution in [0.4, 0.5) is 4.79 Å². The molecule has 6 nitrogen and oxygen atoms in total. The average Bonchev–Trinajstić information content (AvgIpc) is 3.21. The van der Waals surface area contributed by atoms with Crippen LogP contribution in [-0.2, 0) is 4.79 Å². The molecule has 1 fully saturated rings. The number of amides is 3. The molecule has 1 aromatic rings. The first-order chi connectivity index (χ1) is 10.7. The van der Waals surface area contributed by atoms with E-state index in [-0.39, 0.29) is 23.9 Å². The quantitative estimate of drug-likeness (QED) is 0.672. The van der Waals surface area contributed by atoms with Crippen molar-refractivity contribution >= 4 is 23.3 Å². The number of carbonyl (C=O) groups excluding carboxylic acids is 2. The lowest BCUT2D eigenvalue weighted by atomic mass is 10.1. The van der Waals surface area contributed by atoms with Crippen LogP contribution >= 0.6 is 11.3 Å². The molecule has 0 radical (unpaired) electrons. The molecule has 0 aromatic carbocycles. The molecule has 7 heteroatoms. The SMILES string of the molecule is CC[C@H](NC(=O)NCCNC(=O)C1CCCC1)c1nccs1. The van der Waals surface area contributed by atoms with E-state index in [9.17, 15) is 9.59 Å². The number of hydrogen-bond acceptors (Lipinski definition) is 4. The molecule has 1 aliphatic rings. The van der Waals surface area contributed by atoms with E-state index in [0.29, 0.717) is 13.1 Å². The highest BCUT2D eigenvalue weighted by atomic mass is 32.1. The lowest BCUT2D eigenvalue weighted by Crippen LogP contribution is -2.42. The normalized spacial score (nSPS) is 16.2. The third kappa shape index (κ3) is 4.98. The minimum Gasteiger partial charge on any atom is -0.354 e. The van der Waals surface area contributed by atoms with Crippen molar-refractivity contribution in [3.05, 3.63) is 16.6 Å². The van der Waals surface area contributed by atoms with Gasteiger partial charge in [0.25, 0.3) is 0 Å². The van der Waals surface area contributed by atoms with Gasteiger partial charge in [-0.1, -0.05) is 19.8 Å². The zero-order chi connectivity index (χ0) is 15.8. The fraction of sp³-hybridized carbons (Fsp3) is 0.667. The lowest BCUT2D eigenvalue weighted by Gasteiger charge is -2.15. The van der Waals surface area contributed by atoms with Gasteiger partial charge in [-0.25, -0.2) is 9.78 Å². The third-order valence-electron chi connectivity index (χ3n) is 3.90. The van der Waals surface area contributed by atoms with Crippen LogP contribution in [0, 0.1) is 5.92 Å². The highest BCUT2D eigenvalue weighted by Crippen LogP contribution is 2.24. The standard InChI is InChI=1S/C15H24N4O2S/c1-2-12(14-17-9-10-22-14)19-15(21)18-8-7-16-13(20)11-5-3-4-6-11/h9-12H,2-8H2,1H3,(H,16,20)(H2,18,19,21)/t12-/m0/s1. The summed E-state index contributed by atoms with van der Waals surface area (Å²) < 4.78 is 0. The van der Waals surface area contributed by atoms with Crippen LogP contribution < -0.4 is 16.0 Å². The molecule has 122 valence electrons. The zero-order valence-electron chi connectivity index (χ0n) is 12.9. The second-order valence-electron chi connectivity index (χ2n) is 5.50. The molecule has 1 aromatic heterocycles. The summed E-state index contributed by atoms with van der Waals surface area (Å²) >= 11 is 1.53.